The average Bonchev–Trinajstić information content (AvgIpc) is 2.79. The number of carbonyl (C=O) groups is 1. The molecule has 0 bridgehead atoms. The summed E-state index contributed by atoms with van der Waals surface area (Å²) in [5, 5.41) is 0. The number of nitrogens with two attached hydrogens (primary N) is 1. The third-order valence-electron chi connectivity index (χ3n) is 5.60. The second-order valence-corrected chi connectivity index (χ2v) is 7.66. The number of amides is 1. The fourth-order valence-corrected chi connectivity index (χ4v) is 3.78. The first kappa shape index (κ1) is 20.9. The van der Waals surface area contributed by atoms with Gasteiger partial charge in [0.1, 0.15) is 18.0 Å². The molecule has 8 heteroatoms. The Morgan fingerprint density at radius 3 is 2.45 bits per heavy atom. The number of pyridine rings is 1. The molecule has 31 heavy (non-hydrogen) atoms. The molecule has 2 aromatic heterocycles. The molecule has 160 valence electrons. The summed E-state index contributed by atoms with van der Waals surface area (Å²) < 4.78 is 15.1. The molecule has 1 amide bonds. The van der Waals surface area contributed by atoms with E-state index in [0.717, 1.165) is 29.9 Å². The molecule has 0 aliphatic carbocycles. The molecule has 1 saturated heterocycles. The number of hydrogen-bond donors (Lipinski definition) is 1. The van der Waals surface area contributed by atoms with Gasteiger partial charge in [-0.05, 0) is 37.7 Å². The highest BCUT2D eigenvalue weighted by Gasteiger charge is 2.24. The highest BCUT2D eigenvalue weighted by Crippen LogP contribution is 2.33. The Kier molecular flexibility index (Phi) is 5.90. The van der Waals surface area contributed by atoms with Crippen molar-refractivity contribution in [1.82, 2.24) is 24.8 Å². The van der Waals surface area contributed by atoms with E-state index in [1.54, 1.807) is 29.3 Å². The van der Waals surface area contributed by atoms with Crippen molar-refractivity contribution >= 4 is 11.7 Å². The van der Waals surface area contributed by atoms with E-state index in [9.17, 15) is 4.79 Å². The van der Waals surface area contributed by atoms with Gasteiger partial charge in [-0.2, -0.15) is 0 Å². The van der Waals surface area contributed by atoms with Crippen LogP contribution < -0.4 is 5.73 Å². The van der Waals surface area contributed by atoms with Gasteiger partial charge in [0.05, 0.1) is 17.0 Å². The summed E-state index contributed by atoms with van der Waals surface area (Å²) >= 11 is 0. The number of carbonyl (C=O) groups excluding carboxylic acids is 1. The highest BCUT2D eigenvalue weighted by atomic mass is 19.1. The molecular weight excluding hydrogens is 395 g/mol. The van der Waals surface area contributed by atoms with Crippen LogP contribution >= 0.6 is 0 Å². The molecule has 0 unspecified atom stereocenters. The molecule has 1 aliphatic rings. The van der Waals surface area contributed by atoms with Gasteiger partial charge < -0.3 is 15.5 Å². The van der Waals surface area contributed by atoms with Crippen LogP contribution in [0.5, 0.6) is 0 Å². The number of hydrogen-bond acceptors (Lipinski definition) is 6. The van der Waals surface area contributed by atoms with Crippen LogP contribution in [0, 0.1) is 5.82 Å². The lowest BCUT2D eigenvalue weighted by Gasteiger charge is -2.32. The van der Waals surface area contributed by atoms with Gasteiger partial charge in [0.2, 0.25) is 0 Å². The maximum atomic E-state index is 15.1. The molecule has 1 aliphatic heterocycles. The molecule has 0 saturated carbocycles. The summed E-state index contributed by atoms with van der Waals surface area (Å²) in [5.74, 6) is -0.422. The number of rotatable bonds is 4. The molecule has 4 rings (SSSR count). The summed E-state index contributed by atoms with van der Waals surface area (Å²) in [4.78, 5) is 29.7. The molecule has 2 N–H and O–H groups in total. The summed E-state index contributed by atoms with van der Waals surface area (Å²) in [5.41, 5.74) is 9.40. The zero-order chi connectivity index (χ0) is 22.0. The first-order valence-corrected chi connectivity index (χ1v) is 10.3. The summed E-state index contributed by atoms with van der Waals surface area (Å²) in [7, 11) is 2.01. The van der Waals surface area contributed by atoms with E-state index in [4.69, 9.17) is 5.73 Å². The van der Waals surface area contributed by atoms with Crippen molar-refractivity contribution in [1.29, 1.82) is 0 Å². The smallest absolute Gasteiger partial charge is 0.256 e. The molecular formula is C23H25FN6O. The van der Waals surface area contributed by atoms with Gasteiger partial charge >= 0.3 is 0 Å². The minimum atomic E-state index is -0.556. The van der Waals surface area contributed by atoms with Gasteiger partial charge in [-0.1, -0.05) is 13.0 Å². The average molecular weight is 420 g/mol. The van der Waals surface area contributed by atoms with E-state index in [0.29, 0.717) is 36.6 Å². The van der Waals surface area contributed by atoms with E-state index in [1.165, 1.54) is 12.4 Å². The van der Waals surface area contributed by atoms with E-state index in [2.05, 4.69) is 19.9 Å². The van der Waals surface area contributed by atoms with E-state index in [1.807, 2.05) is 20.0 Å². The van der Waals surface area contributed by atoms with Crippen molar-refractivity contribution in [2.75, 3.05) is 39.0 Å². The molecule has 0 atom stereocenters. The van der Waals surface area contributed by atoms with Crippen LogP contribution in [-0.2, 0) is 6.42 Å². The lowest BCUT2D eigenvalue weighted by molar-refractivity contribution is 0.0659. The third kappa shape index (κ3) is 4.25. The topological polar surface area (TPSA) is 88.2 Å². The van der Waals surface area contributed by atoms with Crippen LogP contribution in [0.3, 0.4) is 0 Å². The Bertz CT molecular complexity index is 1090. The van der Waals surface area contributed by atoms with Crippen LogP contribution in [0.1, 0.15) is 23.0 Å². The standard InChI is InChI=1S/C23H25FN6O/c1-3-19-21(16-5-7-20(25)26-13-16)22(28-14-27-19)15-4-6-17(18(24)12-15)23(31)30-10-8-29(2)9-11-30/h4-7,12-14H,3,8-11H2,1-2H3,(H2,25,26). The van der Waals surface area contributed by atoms with Gasteiger partial charge in [0.15, 0.2) is 0 Å². The number of nitrogen functional groups attached to an aromatic ring is 1. The number of nitrogens with zero attached hydrogens (tertiary/aromatic N) is 5. The predicted octanol–water partition coefficient (Wildman–Crippen LogP) is 2.88. The van der Waals surface area contributed by atoms with E-state index < -0.39 is 5.82 Å². The first-order valence-electron chi connectivity index (χ1n) is 10.3. The summed E-state index contributed by atoms with van der Waals surface area (Å²) in [6.07, 6.45) is 3.82. The maximum Gasteiger partial charge on any atom is 0.256 e. The lowest BCUT2D eigenvalue weighted by atomic mass is 9.96. The number of aromatic nitrogens is 3. The molecule has 3 heterocycles. The zero-order valence-electron chi connectivity index (χ0n) is 17.7. The van der Waals surface area contributed by atoms with Crippen LogP contribution in [0.25, 0.3) is 22.4 Å². The Hall–Kier alpha value is -3.39. The van der Waals surface area contributed by atoms with Gasteiger partial charge in [0, 0.05) is 49.1 Å². The van der Waals surface area contributed by atoms with Crippen molar-refractivity contribution < 1.29 is 9.18 Å². The predicted molar refractivity (Wildman–Crippen MR) is 118 cm³/mol. The Morgan fingerprint density at radius 1 is 1.06 bits per heavy atom. The van der Waals surface area contributed by atoms with E-state index in [-0.39, 0.29) is 11.5 Å². The monoisotopic (exact) mass is 420 g/mol. The number of benzene rings is 1. The maximum absolute atomic E-state index is 15.1. The summed E-state index contributed by atoms with van der Waals surface area (Å²) in [6.45, 7) is 4.75. The van der Waals surface area contributed by atoms with Gasteiger partial charge in [-0.15, -0.1) is 0 Å². The van der Waals surface area contributed by atoms with E-state index >= 15 is 4.39 Å². The van der Waals surface area contributed by atoms with Crippen LogP contribution in [0.15, 0.2) is 42.9 Å². The van der Waals surface area contributed by atoms with Crippen molar-refractivity contribution in [3.8, 4) is 22.4 Å². The number of aryl methyl sites for hydroxylation is 1. The SMILES string of the molecule is CCc1ncnc(-c2ccc(C(=O)N3CCN(C)CC3)c(F)c2)c1-c1ccc(N)nc1. The Morgan fingerprint density at radius 2 is 1.81 bits per heavy atom. The van der Waals surface area contributed by atoms with Gasteiger partial charge in [-0.25, -0.2) is 19.3 Å². The number of halogens is 1. The molecule has 1 fully saturated rings. The van der Waals surface area contributed by atoms with Gasteiger partial charge in [-0.3, -0.25) is 4.79 Å². The molecule has 0 radical (unpaired) electrons. The Labute approximate surface area is 180 Å². The van der Waals surface area contributed by atoms with Crippen molar-refractivity contribution in [2.45, 2.75) is 13.3 Å². The second kappa shape index (κ2) is 8.77. The van der Waals surface area contributed by atoms with Crippen LogP contribution in [-0.4, -0.2) is 63.9 Å². The lowest BCUT2D eigenvalue weighted by Crippen LogP contribution is -2.47. The molecule has 3 aromatic rings. The summed E-state index contributed by atoms with van der Waals surface area (Å²) in [6, 6.07) is 8.22. The second-order valence-electron chi connectivity index (χ2n) is 7.66. The quantitative estimate of drug-likeness (QED) is 0.698. The molecule has 1 aromatic carbocycles. The first-order chi connectivity index (χ1) is 15.0. The minimum absolute atomic E-state index is 0.0776. The largest absolute Gasteiger partial charge is 0.384 e. The van der Waals surface area contributed by atoms with Crippen molar-refractivity contribution in [2.24, 2.45) is 0 Å². The van der Waals surface area contributed by atoms with Crippen molar-refractivity contribution in [3.05, 3.63) is 59.9 Å². The fraction of sp³-hybridized carbons (Fsp3) is 0.304. The van der Waals surface area contributed by atoms with Crippen LogP contribution in [0.2, 0.25) is 0 Å². The van der Waals surface area contributed by atoms with Gasteiger partial charge in [0.25, 0.3) is 5.91 Å². The van der Waals surface area contributed by atoms with Crippen LogP contribution in [0.4, 0.5) is 10.2 Å². The zero-order valence-corrected chi connectivity index (χ0v) is 17.7. The van der Waals surface area contributed by atoms with Crippen molar-refractivity contribution in [3.63, 3.8) is 0 Å². The normalized spacial score (nSPS) is 14.6. The Balaban J connectivity index is 1.71. The molecule has 0 spiro atoms. The highest BCUT2D eigenvalue weighted by molar-refractivity contribution is 5.95. The number of anilines is 1. The number of piperazine rings is 1. The fourth-order valence-electron chi connectivity index (χ4n) is 3.78. The number of likely N-dealkylation sites (N-methyl/N-ethyl adjacent to an activating group) is 1. The third-order valence-corrected chi connectivity index (χ3v) is 5.60. The minimum Gasteiger partial charge on any atom is -0.384 e. The molecule has 7 nitrogen and oxygen atoms in total.